The molecule has 1 atom stereocenters. The Morgan fingerprint density at radius 1 is 1.09 bits per heavy atom. The minimum Gasteiger partial charge on any atom is -0.465 e. The van der Waals surface area contributed by atoms with Crippen LogP contribution < -0.4 is 8.92 Å². The van der Waals surface area contributed by atoms with Crippen molar-refractivity contribution in [3.05, 3.63) is 53.6 Å². The Hall–Kier alpha value is -2.75. The number of alkyl halides is 3. The third-order valence-corrected chi connectivity index (χ3v) is 6.35. The summed E-state index contributed by atoms with van der Waals surface area (Å²) in [5.74, 6) is 0.0448. The molecule has 0 fully saturated rings. The van der Waals surface area contributed by atoms with E-state index in [9.17, 15) is 26.4 Å². The lowest BCUT2D eigenvalue weighted by Gasteiger charge is -2.13. The SMILES string of the molecule is CCC(=O)OC[C@H]1Cc2cccc(Oc3cccc(OS(=O)(=O)CCCC(F)(F)F)c3)c2C1. The average molecular weight is 487 g/mol. The molecule has 0 saturated heterocycles. The summed E-state index contributed by atoms with van der Waals surface area (Å²) >= 11 is 0. The van der Waals surface area contributed by atoms with Crippen molar-refractivity contribution < 1.29 is 40.0 Å². The molecule has 0 unspecified atom stereocenters. The number of carbonyl (C=O) groups excluding carboxylic acids is 1. The number of fused-ring (bicyclic) bond motifs is 1. The zero-order chi connectivity index (χ0) is 24.1. The number of hydrogen-bond acceptors (Lipinski definition) is 6. The van der Waals surface area contributed by atoms with Gasteiger partial charge < -0.3 is 13.7 Å². The molecule has 2 aromatic carbocycles. The minimum atomic E-state index is -4.42. The van der Waals surface area contributed by atoms with Crippen LogP contribution in [0.2, 0.25) is 0 Å². The summed E-state index contributed by atoms with van der Waals surface area (Å²) in [7, 11) is -4.18. The summed E-state index contributed by atoms with van der Waals surface area (Å²) in [6.07, 6.45) is -4.45. The van der Waals surface area contributed by atoms with E-state index in [2.05, 4.69) is 0 Å². The first kappa shape index (κ1) is 24.9. The lowest BCUT2D eigenvalue weighted by Crippen LogP contribution is -2.16. The highest BCUT2D eigenvalue weighted by molar-refractivity contribution is 7.87. The smallest absolute Gasteiger partial charge is 0.389 e. The summed E-state index contributed by atoms with van der Waals surface area (Å²) in [4.78, 5) is 11.4. The van der Waals surface area contributed by atoms with E-state index < -0.39 is 34.9 Å². The van der Waals surface area contributed by atoms with Gasteiger partial charge in [-0.05, 0) is 48.6 Å². The van der Waals surface area contributed by atoms with Crippen molar-refractivity contribution in [3.8, 4) is 17.2 Å². The Morgan fingerprint density at radius 3 is 2.55 bits per heavy atom. The summed E-state index contributed by atoms with van der Waals surface area (Å²) in [6.45, 7) is 2.07. The van der Waals surface area contributed by atoms with E-state index in [0.717, 1.165) is 17.5 Å². The summed E-state index contributed by atoms with van der Waals surface area (Å²) in [6, 6.07) is 11.5. The van der Waals surface area contributed by atoms with Crippen LogP contribution in [0, 0.1) is 5.92 Å². The maximum Gasteiger partial charge on any atom is 0.389 e. The molecule has 0 aromatic heterocycles. The number of hydrogen-bond donors (Lipinski definition) is 0. The second-order valence-electron chi connectivity index (χ2n) is 7.85. The molecule has 2 aromatic rings. The van der Waals surface area contributed by atoms with Crippen LogP contribution in [-0.4, -0.2) is 32.9 Å². The molecular formula is C23H25F3O6S. The van der Waals surface area contributed by atoms with Gasteiger partial charge in [-0.25, -0.2) is 0 Å². The molecule has 3 rings (SSSR count). The minimum absolute atomic E-state index is 0.0450. The lowest BCUT2D eigenvalue weighted by atomic mass is 10.1. The first-order valence-electron chi connectivity index (χ1n) is 10.6. The van der Waals surface area contributed by atoms with Crippen molar-refractivity contribution in [1.82, 2.24) is 0 Å². The van der Waals surface area contributed by atoms with Crippen LogP contribution in [0.4, 0.5) is 13.2 Å². The topological polar surface area (TPSA) is 78.9 Å². The van der Waals surface area contributed by atoms with Crippen LogP contribution in [0.5, 0.6) is 17.2 Å². The second kappa shape index (κ2) is 10.5. The Balaban J connectivity index is 1.64. The molecule has 1 aliphatic rings. The van der Waals surface area contributed by atoms with Gasteiger partial charge in [-0.1, -0.05) is 25.1 Å². The number of ether oxygens (including phenoxy) is 2. The van der Waals surface area contributed by atoms with Crippen molar-refractivity contribution in [2.24, 2.45) is 5.92 Å². The van der Waals surface area contributed by atoms with Gasteiger partial charge in [-0.2, -0.15) is 21.6 Å². The number of carbonyl (C=O) groups is 1. The zero-order valence-electron chi connectivity index (χ0n) is 18.1. The van der Waals surface area contributed by atoms with Crippen molar-refractivity contribution >= 4 is 16.1 Å². The van der Waals surface area contributed by atoms with Crippen LogP contribution >= 0.6 is 0 Å². The molecule has 0 bridgehead atoms. The van der Waals surface area contributed by atoms with Crippen molar-refractivity contribution in [2.75, 3.05) is 12.4 Å². The van der Waals surface area contributed by atoms with Gasteiger partial charge in [-0.3, -0.25) is 4.79 Å². The van der Waals surface area contributed by atoms with Gasteiger partial charge in [0.2, 0.25) is 0 Å². The number of esters is 1. The fourth-order valence-corrected chi connectivity index (χ4v) is 4.56. The van der Waals surface area contributed by atoms with Crippen LogP contribution in [0.15, 0.2) is 42.5 Å². The van der Waals surface area contributed by atoms with Crippen LogP contribution in [0.1, 0.15) is 37.3 Å². The fraction of sp³-hybridized carbons (Fsp3) is 0.435. The normalized spacial score (nSPS) is 15.7. The first-order valence-corrected chi connectivity index (χ1v) is 12.2. The van der Waals surface area contributed by atoms with Crippen molar-refractivity contribution in [1.29, 1.82) is 0 Å². The Labute approximate surface area is 190 Å². The van der Waals surface area contributed by atoms with Crippen LogP contribution in [0.25, 0.3) is 0 Å². The molecule has 180 valence electrons. The van der Waals surface area contributed by atoms with E-state index in [4.69, 9.17) is 13.7 Å². The molecule has 1 aliphatic carbocycles. The fourth-order valence-electron chi connectivity index (χ4n) is 3.59. The highest BCUT2D eigenvalue weighted by Crippen LogP contribution is 2.37. The van der Waals surface area contributed by atoms with E-state index in [0.29, 0.717) is 30.9 Å². The van der Waals surface area contributed by atoms with Gasteiger partial charge >= 0.3 is 22.3 Å². The Kier molecular flexibility index (Phi) is 7.88. The van der Waals surface area contributed by atoms with E-state index in [1.165, 1.54) is 18.2 Å². The Morgan fingerprint density at radius 2 is 1.82 bits per heavy atom. The van der Waals surface area contributed by atoms with Crippen molar-refractivity contribution in [3.63, 3.8) is 0 Å². The molecule has 0 heterocycles. The maximum atomic E-state index is 12.3. The van der Waals surface area contributed by atoms with E-state index in [-0.39, 0.29) is 17.6 Å². The Bertz CT molecular complexity index is 1080. The molecule has 0 amide bonds. The molecule has 0 spiro atoms. The molecule has 33 heavy (non-hydrogen) atoms. The highest BCUT2D eigenvalue weighted by atomic mass is 32.2. The molecule has 0 radical (unpaired) electrons. The molecule has 0 saturated carbocycles. The second-order valence-corrected chi connectivity index (χ2v) is 9.54. The van der Waals surface area contributed by atoms with Gasteiger partial charge in [-0.15, -0.1) is 0 Å². The lowest BCUT2D eigenvalue weighted by molar-refractivity contribution is -0.144. The third kappa shape index (κ3) is 7.66. The summed E-state index contributed by atoms with van der Waals surface area (Å²) in [5, 5.41) is 0. The monoisotopic (exact) mass is 486 g/mol. The average Bonchev–Trinajstić information content (AvgIpc) is 3.15. The molecule has 6 nitrogen and oxygen atoms in total. The van der Waals surface area contributed by atoms with Gasteiger partial charge in [0.05, 0.1) is 12.4 Å². The molecule has 0 N–H and O–H groups in total. The maximum absolute atomic E-state index is 12.3. The molecule has 10 heteroatoms. The van der Waals surface area contributed by atoms with Crippen LogP contribution in [0.3, 0.4) is 0 Å². The number of rotatable bonds is 10. The van der Waals surface area contributed by atoms with Crippen LogP contribution in [-0.2, 0) is 32.5 Å². The number of benzene rings is 2. The van der Waals surface area contributed by atoms with Crippen molar-refractivity contribution in [2.45, 2.75) is 45.2 Å². The highest BCUT2D eigenvalue weighted by Gasteiger charge is 2.28. The largest absolute Gasteiger partial charge is 0.465 e. The summed E-state index contributed by atoms with van der Waals surface area (Å²) < 4.78 is 77.0. The summed E-state index contributed by atoms with van der Waals surface area (Å²) in [5.41, 5.74) is 2.07. The van der Waals surface area contributed by atoms with E-state index in [1.54, 1.807) is 19.1 Å². The van der Waals surface area contributed by atoms with E-state index in [1.807, 2.05) is 12.1 Å². The zero-order valence-corrected chi connectivity index (χ0v) is 18.9. The first-order chi connectivity index (χ1) is 15.5. The van der Waals surface area contributed by atoms with E-state index >= 15 is 0 Å². The predicted octanol–water partition coefficient (Wildman–Crippen LogP) is 5.20. The number of halogens is 3. The van der Waals surface area contributed by atoms with Gasteiger partial charge in [0, 0.05) is 24.8 Å². The predicted molar refractivity (Wildman–Crippen MR) is 115 cm³/mol. The molecular weight excluding hydrogens is 461 g/mol. The molecule has 0 aliphatic heterocycles. The van der Waals surface area contributed by atoms with Gasteiger partial charge in [0.1, 0.15) is 17.2 Å². The third-order valence-electron chi connectivity index (χ3n) is 5.11. The standard InChI is InChI=1S/C23H25F3O6S/c1-2-22(27)30-15-16-12-17-6-3-9-21(20(17)13-16)31-18-7-4-8-19(14-18)32-33(28,29)11-5-10-23(24,25)26/h3-4,6-9,14,16H,2,5,10-13,15H2,1H3/t16-/m0/s1. The van der Waals surface area contributed by atoms with Gasteiger partial charge in [0.25, 0.3) is 0 Å². The van der Waals surface area contributed by atoms with Gasteiger partial charge in [0.15, 0.2) is 0 Å². The quantitative estimate of drug-likeness (QED) is 0.339.